The number of carbonyl (C=O) groups is 1. The van der Waals surface area contributed by atoms with E-state index < -0.39 is 0 Å². The highest BCUT2D eigenvalue weighted by atomic mass is 32.1. The smallest absolute Gasteiger partial charge is 0.186 e. The molecule has 1 saturated heterocycles. The predicted molar refractivity (Wildman–Crippen MR) is 105 cm³/mol. The molecule has 1 aliphatic heterocycles. The van der Waals surface area contributed by atoms with Crippen molar-refractivity contribution in [3.05, 3.63) is 56.8 Å². The fourth-order valence-electron chi connectivity index (χ4n) is 3.34. The van der Waals surface area contributed by atoms with Crippen molar-refractivity contribution >= 4 is 23.2 Å². The van der Waals surface area contributed by atoms with Crippen molar-refractivity contribution in [2.45, 2.75) is 33.2 Å². The van der Waals surface area contributed by atoms with Gasteiger partial charge in [-0.3, -0.25) is 9.69 Å². The quantitative estimate of drug-likeness (QED) is 0.547. The molecule has 0 N–H and O–H groups in total. The molecule has 1 aliphatic rings. The highest BCUT2D eigenvalue weighted by Gasteiger charge is 2.14. The summed E-state index contributed by atoms with van der Waals surface area (Å²) in [4.78, 5) is 17.1. The summed E-state index contributed by atoms with van der Waals surface area (Å²) in [7, 11) is 1.71. The summed E-state index contributed by atoms with van der Waals surface area (Å²) in [6.45, 7) is 7.24. The Morgan fingerprint density at radius 1 is 1.24 bits per heavy atom. The lowest BCUT2D eigenvalue weighted by Crippen LogP contribution is -2.18. The highest BCUT2D eigenvalue weighted by Crippen LogP contribution is 2.25. The Hall–Kier alpha value is -1.91. The number of aryl methyl sites for hydroxylation is 2. The van der Waals surface area contributed by atoms with Gasteiger partial charge in [0.1, 0.15) is 5.75 Å². The van der Waals surface area contributed by atoms with Crippen LogP contribution < -0.4 is 4.74 Å². The zero-order chi connectivity index (χ0) is 17.8. The van der Waals surface area contributed by atoms with E-state index in [0.717, 1.165) is 41.4 Å². The molecule has 0 unspecified atom stereocenters. The van der Waals surface area contributed by atoms with E-state index in [1.54, 1.807) is 24.5 Å². The second-order valence-corrected chi connectivity index (χ2v) is 8.04. The SMILES string of the molecule is COc1ccc(/C=C/C(=O)c2cc(C)sc2C)cc1CN1CCCC1. The molecule has 1 fully saturated rings. The molecule has 0 aliphatic carbocycles. The molecule has 25 heavy (non-hydrogen) atoms. The lowest BCUT2D eigenvalue weighted by molar-refractivity contribution is 0.104. The van der Waals surface area contributed by atoms with Gasteiger partial charge >= 0.3 is 0 Å². The summed E-state index contributed by atoms with van der Waals surface area (Å²) in [5.41, 5.74) is 3.03. The Morgan fingerprint density at radius 2 is 2.00 bits per heavy atom. The third-order valence-corrected chi connectivity index (χ3v) is 5.60. The van der Waals surface area contributed by atoms with Crippen molar-refractivity contribution < 1.29 is 9.53 Å². The number of carbonyl (C=O) groups excluding carboxylic acids is 1. The predicted octanol–water partition coefficient (Wildman–Crippen LogP) is 4.87. The van der Waals surface area contributed by atoms with Gasteiger partial charge in [-0.25, -0.2) is 0 Å². The lowest BCUT2D eigenvalue weighted by atomic mass is 10.1. The van der Waals surface area contributed by atoms with Gasteiger partial charge < -0.3 is 4.74 Å². The molecule has 0 amide bonds. The van der Waals surface area contributed by atoms with Crippen LogP contribution in [-0.2, 0) is 6.54 Å². The first-order valence-electron chi connectivity index (χ1n) is 8.75. The average molecular weight is 356 g/mol. The zero-order valence-electron chi connectivity index (χ0n) is 15.2. The van der Waals surface area contributed by atoms with Gasteiger partial charge in [-0.15, -0.1) is 11.3 Å². The van der Waals surface area contributed by atoms with E-state index in [4.69, 9.17) is 4.74 Å². The number of nitrogens with zero attached hydrogens (tertiary/aromatic N) is 1. The standard InChI is InChI=1S/C21H25NO2S/c1-15-12-19(16(2)25-15)20(23)8-6-17-7-9-21(24-3)18(13-17)14-22-10-4-5-11-22/h6-9,12-13H,4-5,10-11,14H2,1-3H3/b8-6+. The van der Waals surface area contributed by atoms with Crippen LogP contribution in [0.15, 0.2) is 30.3 Å². The molecule has 1 aromatic heterocycles. The first-order valence-corrected chi connectivity index (χ1v) is 9.57. The Labute approximate surface area is 153 Å². The van der Waals surface area contributed by atoms with Crippen LogP contribution in [-0.4, -0.2) is 30.9 Å². The molecule has 0 radical (unpaired) electrons. The van der Waals surface area contributed by atoms with E-state index >= 15 is 0 Å². The van der Waals surface area contributed by atoms with Crippen LogP contribution in [0.5, 0.6) is 5.75 Å². The van der Waals surface area contributed by atoms with Gasteiger partial charge in [0.2, 0.25) is 0 Å². The molecule has 0 atom stereocenters. The minimum Gasteiger partial charge on any atom is -0.496 e. The molecule has 4 heteroatoms. The zero-order valence-corrected chi connectivity index (χ0v) is 16.0. The van der Waals surface area contributed by atoms with E-state index in [1.165, 1.54) is 23.3 Å². The first-order chi connectivity index (χ1) is 12.1. The summed E-state index contributed by atoms with van der Waals surface area (Å²) < 4.78 is 5.51. The molecule has 0 bridgehead atoms. The number of hydrogen-bond donors (Lipinski definition) is 0. The van der Waals surface area contributed by atoms with Gasteiger partial charge in [-0.2, -0.15) is 0 Å². The summed E-state index contributed by atoms with van der Waals surface area (Å²) in [6.07, 6.45) is 6.13. The summed E-state index contributed by atoms with van der Waals surface area (Å²) in [6, 6.07) is 8.10. The van der Waals surface area contributed by atoms with Gasteiger partial charge in [0.05, 0.1) is 7.11 Å². The Balaban J connectivity index is 1.77. The van der Waals surface area contributed by atoms with E-state index in [-0.39, 0.29) is 5.78 Å². The van der Waals surface area contributed by atoms with Crippen LogP contribution in [0.1, 0.15) is 44.1 Å². The maximum atomic E-state index is 12.4. The van der Waals surface area contributed by atoms with Crippen LogP contribution in [0.4, 0.5) is 0 Å². The monoisotopic (exact) mass is 355 g/mol. The molecule has 3 rings (SSSR count). The molecule has 1 aromatic carbocycles. The Kier molecular flexibility index (Phi) is 5.71. The van der Waals surface area contributed by atoms with Crippen molar-refractivity contribution in [2.75, 3.05) is 20.2 Å². The van der Waals surface area contributed by atoms with Crippen molar-refractivity contribution in [3.63, 3.8) is 0 Å². The minimum atomic E-state index is 0.0683. The number of ether oxygens (including phenoxy) is 1. The Bertz CT molecular complexity index is 785. The number of likely N-dealkylation sites (tertiary alicyclic amines) is 1. The molecule has 2 heterocycles. The van der Waals surface area contributed by atoms with Crippen LogP contribution in [0.25, 0.3) is 6.08 Å². The maximum absolute atomic E-state index is 12.4. The number of allylic oxidation sites excluding steroid dienone is 1. The third kappa shape index (κ3) is 4.39. The normalized spacial score (nSPS) is 15.2. The van der Waals surface area contributed by atoms with Crippen LogP contribution in [0.3, 0.4) is 0 Å². The van der Waals surface area contributed by atoms with Crippen molar-refractivity contribution in [1.29, 1.82) is 0 Å². The number of rotatable bonds is 6. The molecule has 2 aromatic rings. The molecule has 0 saturated carbocycles. The second-order valence-electron chi connectivity index (χ2n) is 6.58. The third-order valence-electron chi connectivity index (χ3n) is 4.63. The number of benzene rings is 1. The van der Waals surface area contributed by atoms with Gasteiger partial charge in [0.15, 0.2) is 5.78 Å². The summed E-state index contributed by atoms with van der Waals surface area (Å²) in [5.74, 6) is 0.985. The summed E-state index contributed by atoms with van der Waals surface area (Å²) >= 11 is 1.67. The lowest BCUT2D eigenvalue weighted by Gasteiger charge is -2.17. The fourth-order valence-corrected chi connectivity index (χ4v) is 4.27. The number of hydrogen-bond acceptors (Lipinski definition) is 4. The van der Waals surface area contributed by atoms with Gasteiger partial charge in [-0.05, 0) is 69.6 Å². The maximum Gasteiger partial charge on any atom is 0.186 e. The topological polar surface area (TPSA) is 29.5 Å². The molecule has 132 valence electrons. The summed E-state index contributed by atoms with van der Waals surface area (Å²) in [5, 5.41) is 0. The van der Waals surface area contributed by atoms with E-state index in [0.29, 0.717) is 0 Å². The van der Waals surface area contributed by atoms with Crippen molar-refractivity contribution in [3.8, 4) is 5.75 Å². The average Bonchev–Trinajstić information content (AvgIpc) is 3.22. The fraction of sp³-hybridized carbons (Fsp3) is 0.381. The van der Waals surface area contributed by atoms with E-state index in [9.17, 15) is 4.79 Å². The van der Waals surface area contributed by atoms with Gasteiger partial charge in [0, 0.05) is 27.4 Å². The van der Waals surface area contributed by atoms with Gasteiger partial charge in [0.25, 0.3) is 0 Å². The van der Waals surface area contributed by atoms with Crippen LogP contribution >= 0.6 is 11.3 Å². The largest absolute Gasteiger partial charge is 0.496 e. The second kappa shape index (κ2) is 7.98. The molecular weight excluding hydrogens is 330 g/mol. The number of thiophene rings is 1. The van der Waals surface area contributed by atoms with Crippen LogP contribution in [0, 0.1) is 13.8 Å². The Morgan fingerprint density at radius 3 is 2.64 bits per heavy atom. The number of methoxy groups -OCH3 is 1. The van der Waals surface area contributed by atoms with E-state index in [2.05, 4.69) is 11.0 Å². The molecular formula is C21H25NO2S. The highest BCUT2D eigenvalue weighted by molar-refractivity contribution is 7.12. The van der Waals surface area contributed by atoms with Crippen molar-refractivity contribution in [2.24, 2.45) is 0 Å². The molecule has 0 spiro atoms. The first kappa shape index (κ1) is 17.9. The van der Waals surface area contributed by atoms with Crippen LogP contribution in [0.2, 0.25) is 0 Å². The van der Waals surface area contributed by atoms with E-state index in [1.807, 2.05) is 38.1 Å². The minimum absolute atomic E-state index is 0.0683. The molecule has 3 nitrogen and oxygen atoms in total. The number of ketones is 1. The van der Waals surface area contributed by atoms with Gasteiger partial charge in [-0.1, -0.05) is 12.1 Å². The van der Waals surface area contributed by atoms with Crippen molar-refractivity contribution in [1.82, 2.24) is 4.90 Å².